The Bertz CT molecular complexity index is 553. The largest absolute Gasteiger partial charge is 0.373 e. The molecule has 4 nitrogen and oxygen atoms in total. The molecule has 19 heavy (non-hydrogen) atoms. The summed E-state index contributed by atoms with van der Waals surface area (Å²) in [6.45, 7) is 5.06. The number of hydrogen-bond donors (Lipinski definition) is 2. The molecule has 0 saturated heterocycles. The number of halogens is 1. The molecule has 6 heteroatoms. The summed E-state index contributed by atoms with van der Waals surface area (Å²) < 4.78 is 1.15. The molecule has 102 valence electrons. The average molecular weight is 341 g/mol. The number of hydrogen-bond acceptors (Lipinski definition) is 5. The highest BCUT2D eigenvalue weighted by Crippen LogP contribution is 2.29. The fourth-order valence-electron chi connectivity index (χ4n) is 1.90. The maximum absolute atomic E-state index is 4.36. The van der Waals surface area contributed by atoms with Crippen molar-refractivity contribution < 1.29 is 0 Å². The van der Waals surface area contributed by atoms with Crippen molar-refractivity contribution in [3.05, 3.63) is 32.7 Å². The van der Waals surface area contributed by atoms with E-state index in [1.807, 2.05) is 7.05 Å². The molecule has 0 aliphatic rings. The molecule has 2 heterocycles. The standard InChI is InChI=1S/C13H17BrN4S/c1-8(2)11-12(15-3)17-7-18-13(11)16-6-9-4-5-10(14)19-9/h4-5,7-8H,6H2,1-3H3,(H2,15,16,17,18). The minimum atomic E-state index is 0.362. The molecular weight excluding hydrogens is 324 g/mol. The van der Waals surface area contributed by atoms with Gasteiger partial charge in [0.1, 0.15) is 18.0 Å². The second-order valence-electron chi connectivity index (χ2n) is 4.45. The first-order chi connectivity index (χ1) is 9.11. The van der Waals surface area contributed by atoms with E-state index < -0.39 is 0 Å². The van der Waals surface area contributed by atoms with Gasteiger partial charge in [-0.2, -0.15) is 0 Å². The third-order valence-electron chi connectivity index (χ3n) is 2.76. The first-order valence-corrected chi connectivity index (χ1v) is 7.73. The van der Waals surface area contributed by atoms with E-state index in [0.717, 1.165) is 27.5 Å². The van der Waals surface area contributed by atoms with Crippen molar-refractivity contribution in [2.75, 3.05) is 17.7 Å². The van der Waals surface area contributed by atoms with Crippen LogP contribution in [0.3, 0.4) is 0 Å². The molecule has 0 radical (unpaired) electrons. The summed E-state index contributed by atoms with van der Waals surface area (Å²) in [6.07, 6.45) is 1.59. The van der Waals surface area contributed by atoms with Crippen LogP contribution in [-0.4, -0.2) is 17.0 Å². The van der Waals surface area contributed by atoms with Crippen LogP contribution in [0.15, 0.2) is 22.2 Å². The van der Waals surface area contributed by atoms with Gasteiger partial charge in [-0.1, -0.05) is 13.8 Å². The van der Waals surface area contributed by atoms with Crippen LogP contribution in [0.4, 0.5) is 11.6 Å². The van der Waals surface area contributed by atoms with E-state index in [1.165, 1.54) is 4.88 Å². The fourth-order valence-corrected chi connectivity index (χ4v) is 3.32. The fraction of sp³-hybridized carbons (Fsp3) is 0.385. The second kappa shape index (κ2) is 6.34. The maximum atomic E-state index is 4.36. The van der Waals surface area contributed by atoms with E-state index in [0.29, 0.717) is 5.92 Å². The molecule has 2 aromatic heterocycles. The molecule has 2 N–H and O–H groups in total. The molecule has 0 aliphatic heterocycles. The Morgan fingerprint density at radius 2 is 2.00 bits per heavy atom. The lowest BCUT2D eigenvalue weighted by molar-refractivity contribution is 0.847. The molecule has 0 unspecified atom stereocenters. The Hall–Kier alpha value is -1.14. The monoisotopic (exact) mass is 340 g/mol. The zero-order valence-electron chi connectivity index (χ0n) is 11.2. The van der Waals surface area contributed by atoms with E-state index in [1.54, 1.807) is 17.7 Å². The van der Waals surface area contributed by atoms with Crippen molar-refractivity contribution in [1.82, 2.24) is 9.97 Å². The van der Waals surface area contributed by atoms with Crippen molar-refractivity contribution in [2.24, 2.45) is 0 Å². The van der Waals surface area contributed by atoms with E-state index in [2.05, 4.69) is 62.5 Å². The lowest BCUT2D eigenvalue weighted by Crippen LogP contribution is -2.09. The van der Waals surface area contributed by atoms with Crippen molar-refractivity contribution in [3.8, 4) is 0 Å². The summed E-state index contributed by atoms with van der Waals surface area (Å²) in [6, 6.07) is 4.17. The summed E-state index contributed by atoms with van der Waals surface area (Å²) in [5, 5.41) is 6.52. The van der Waals surface area contributed by atoms with Gasteiger partial charge >= 0.3 is 0 Å². The van der Waals surface area contributed by atoms with Gasteiger partial charge in [-0.15, -0.1) is 11.3 Å². The summed E-state index contributed by atoms with van der Waals surface area (Å²) >= 11 is 5.20. The number of aromatic nitrogens is 2. The lowest BCUT2D eigenvalue weighted by Gasteiger charge is -2.16. The predicted octanol–water partition coefficient (Wildman–Crippen LogP) is 4.08. The van der Waals surface area contributed by atoms with Gasteiger partial charge in [0.15, 0.2) is 0 Å². The van der Waals surface area contributed by atoms with E-state index in [9.17, 15) is 0 Å². The minimum Gasteiger partial charge on any atom is -0.373 e. The quantitative estimate of drug-likeness (QED) is 0.860. The lowest BCUT2D eigenvalue weighted by atomic mass is 10.0. The molecule has 0 spiro atoms. The number of nitrogens with one attached hydrogen (secondary N) is 2. The molecule has 0 amide bonds. The molecule has 0 saturated carbocycles. The molecule has 0 aliphatic carbocycles. The summed E-state index contributed by atoms with van der Waals surface area (Å²) in [7, 11) is 1.88. The van der Waals surface area contributed by atoms with Gasteiger partial charge in [0.25, 0.3) is 0 Å². The van der Waals surface area contributed by atoms with Crippen LogP contribution in [-0.2, 0) is 6.54 Å². The molecule has 0 bridgehead atoms. The predicted molar refractivity (Wildman–Crippen MR) is 85.0 cm³/mol. The van der Waals surface area contributed by atoms with Crippen molar-refractivity contribution in [3.63, 3.8) is 0 Å². The molecular formula is C13H17BrN4S. The van der Waals surface area contributed by atoms with E-state index >= 15 is 0 Å². The van der Waals surface area contributed by atoms with Gasteiger partial charge < -0.3 is 10.6 Å². The highest BCUT2D eigenvalue weighted by molar-refractivity contribution is 9.11. The zero-order valence-corrected chi connectivity index (χ0v) is 13.6. The Morgan fingerprint density at radius 1 is 1.26 bits per heavy atom. The molecule has 0 fully saturated rings. The Morgan fingerprint density at radius 3 is 2.58 bits per heavy atom. The van der Waals surface area contributed by atoms with Crippen LogP contribution in [0.5, 0.6) is 0 Å². The van der Waals surface area contributed by atoms with Crippen LogP contribution in [0.25, 0.3) is 0 Å². The topological polar surface area (TPSA) is 49.8 Å². The highest BCUT2D eigenvalue weighted by Gasteiger charge is 2.14. The maximum Gasteiger partial charge on any atom is 0.135 e. The average Bonchev–Trinajstić information content (AvgIpc) is 2.81. The normalized spacial score (nSPS) is 10.8. The van der Waals surface area contributed by atoms with Crippen LogP contribution in [0, 0.1) is 0 Å². The van der Waals surface area contributed by atoms with Gasteiger partial charge in [-0.25, -0.2) is 9.97 Å². The van der Waals surface area contributed by atoms with Gasteiger partial charge in [0.2, 0.25) is 0 Å². The third kappa shape index (κ3) is 3.45. The zero-order chi connectivity index (χ0) is 13.8. The van der Waals surface area contributed by atoms with Crippen LogP contribution >= 0.6 is 27.3 Å². The van der Waals surface area contributed by atoms with Crippen molar-refractivity contribution >= 4 is 38.9 Å². The summed E-state index contributed by atoms with van der Waals surface area (Å²) in [5.41, 5.74) is 1.13. The van der Waals surface area contributed by atoms with Gasteiger partial charge in [0.05, 0.1) is 10.3 Å². The molecule has 0 aromatic carbocycles. The first-order valence-electron chi connectivity index (χ1n) is 6.12. The number of anilines is 2. The minimum absolute atomic E-state index is 0.362. The highest BCUT2D eigenvalue weighted by atomic mass is 79.9. The van der Waals surface area contributed by atoms with E-state index in [4.69, 9.17) is 0 Å². The van der Waals surface area contributed by atoms with Crippen molar-refractivity contribution in [1.29, 1.82) is 0 Å². The number of thiophene rings is 1. The summed E-state index contributed by atoms with van der Waals surface area (Å²) in [5.74, 6) is 2.15. The molecule has 2 rings (SSSR count). The number of nitrogens with zero attached hydrogens (tertiary/aromatic N) is 2. The first kappa shape index (κ1) is 14.3. The smallest absolute Gasteiger partial charge is 0.135 e. The van der Waals surface area contributed by atoms with Crippen LogP contribution < -0.4 is 10.6 Å². The second-order valence-corrected chi connectivity index (χ2v) is 7.00. The third-order valence-corrected chi connectivity index (χ3v) is 4.38. The van der Waals surface area contributed by atoms with Gasteiger partial charge in [-0.05, 0) is 34.0 Å². The molecule has 2 aromatic rings. The van der Waals surface area contributed by atoms with E-state index in [-0.39, 0.29) is 0 Å². The SMILES string of the molecule is CNc1ncnc(NCc2ccc(Br)s2)c1C(C)C. The van der Waals surface area contributed by atoms with Crippen LogP contribution in [0.1, 0.15) is 30.2 Å². The van der Waals surface area contributed by atoms with Gasteiger partial charge in [-0.3, -0.25) is 0 Å². The van der Waals surface area contributed by atoms with Crippen molar-refractivity contribution in [2.45, 2.75) is 26.3 Å². The van der Waals surface area contributed by atoms with Gasteiger partial charge in [0, 0.05) is 17.5 Å². The Labute approximate surface area is 125 Å². The van der Waals surface area contributed by atoms with Crippen LogP contribution in [0.2, 0.25) is 0 Å². The Kier molecular flexibility index (Phi) is 4.76. The summed E-state index contributed by atoms with van der Waals surface area (Å²) in [4.78, 5) is 9.90. The Balaban J connectivity index is 2.19. The number of rotatable bonds is 5. The molecule has 0 atom stereocenters.